The predicted molar refractivity (Wildman–Crippen MR) is 158 cm³/mol. The molecule has 2 atom stereocenters. The second kappa shape index (κ2) is 19.7. The van der Waals surface area contributed by atoms with Crippen molar-refractivity contribution in [1.29, 1.82) is 0 Å². The summed E-state index contributed by atoms with van der Waals surface area (Å²) in [6, 6.07) is 6.11. The number of benzene rings is 1. The first-order valence-electron chi connectivity index (χ1n) is 14.0. The van der Waals surface area contributed by atoms with Crippen molar-refractivity contribution >= 4 is 11.9 Å². The molecule has 1 rings (SSSR count). The minimum Gasteiger partial charge on any atom is -0.393 e. The third-order valence-corrected chi connectivity index (χ3v) is 6.33. The van der Waals surface area contributed by atoms with Gasteiger partial charge in [0.1, 0.15) is 0 Å². The van der Waals surface area contributed by atoms with Crippen LogP contribution in [0.3, 0.4) is 0 Å². The van der Waals surface area contributed by atoms with E-state index in [4.69, 9.17) is 0 Å². The summed E-state index contributed by atoms with van der Waals surface area (Å²) in [5, 5.41) is 9.42. The largest absolute Gasteiger partial charge is 0.393 e. The fourth-order valence-corrected chi connectivity index (χ4v) is 4.51. The second-order valence-electron chi connectivity index (χ2n) is 10.2. The Balaban J connectivity index is 2.30. The molecule has 0 spiro atoms. The van der Waals surface area contributed by atoms with Crippen LogP contribution in [0.4, 0.5) is 0 Å². The SMILES string of the molecule is CCCc1cccc(\C=C/C=C/C=C/C=C(\C)CCCC/C=C/CCCC(C)CC(C)O)c1C(C)=O. The monoisotopic (exact) mass is 490 g/mol. The van der Waals surface area contributed by atoms with E-state index in [2.05, 4.69) is 57.2 Å². The Bertz CT molecular complexity index is 896. The van der Waals surface area contributed by atoms with Crippen molar-refractivity contribution in [2.45, 2.75) is 105 Å². The number of aliphatic hydroxyl groups is 1. The Morgan fingerprint density at radius 3 is 2.33 bits per heavy atom. The summed E-state index contributed by atoms with van der Waals surface area (Å²) >= 11 is 0. The molecule has 0 aliphatic heterocycles. The number of allylic oxidation sites excluding steroid dienone is 9. The van der Waals surface area contributed by atoms with Gasteiger partial charge in [0, 0.05) is 5.56 Å². The van der Waals surface area contributed by atoms with Gasteiger partial charge in [0.15, 0.2) is 5.78 Å². The van der Waals surface area contributed by atoms with E-state index in [0.29, 0.717) is 5.92 Å². The highest BCUT2D eigenvalue weighted by Gasteiger charge is 2.10. The molecular weight excluding hydrogens is 440 g/mol. The van der Waals surface area contributed by atoms with Crippen molar-refractivity contribution in [2.75, 3.05) is 0 Å². The fraction of sp³-hybridized carbons (Fsp3) is 0.500. The number of carbonyl (C=O) groups excluding carboxylic acids is 1. The van der Waals surface area contributed by atoms with E-state index < -0.39 is 0 Å². The minimum atomic E-state index is -0.177. The lowest BCUT2D eigenvalue weighted by Crippen LogP contribution is -2.06. The maximum absolute atomic E-state index is 12.1. The molecule has 0 saturated carbocycles. The molecule has 198 valence electrons. The van der Waals surface area contributed by atoms with Gasteiger partial charge in [-0.1, -0.05) is 105 Å². The molecule has 1 N–H and O–H groups in total. The summed E-state index contributed by atoms with van der Waals surface area (Å²) in [5.41, 5.74) is 4.40. The molecule has 0 fully saturated rings. The lowest BCUT2D eigenvalue weighted by Gasteiger charge is -2.11. The van der Waals surface area contributed by atoms with Gasteiger partial charge in [0.2, 0.25) is 0 Å². The fourth-order valence-electron chi connectivity index (χ4n) is 4.51. The van der Waals surface area contributed by atoms with Crippen LogP contribution in [-0.2, 0) is 6.42 Å². The van der Waals surface area contributed by atoms with E-state index in [1.54, 1.807) is 6.92 Å². The van der Waals surface area contributed by atoms with E-state index in [1.165, 1.54) is 31.3 Å². The zero-order valence-electron chi connectivity index (χ0n) is 23.5. The van der Waals surface area contributed by atoms with Crippen LogP contribution in [0.25, 0.3) is 6.08 Å². The second-order valence-corrected chi connectivity index (χ2v) is 10.2. The van der Waals surface area contributed by atoms with Gasteiger partial charge < -0.3 is 5.11 Å². The summed E-state index contributed by atoms with van der Waals surface area (Å²) in [4.78, 5) is 12.1. The molecule has 2 heteroatoms. The molecule has 2 unspecified atom stereocenters. The standard InChI is InChI=1S/C34H50O2/c1-6-20-32-25-19-26-33(34(32)31(5)36)24-18-14-10-13-16-22-28(2)21-15-11-8-7-9-12-17-23-29(3)27-30(4)35/h7,9-10,13-14,16,18-19,22,24-26,29-30,35H,6,8,11-12,15,17,20-21,23,27H2,1-5H3/b9-7+,14-10+,16-13+,24-18-,28-22+. The summed E-state index contributed by atoms with van der Waals surface area (Å²) in [6.45, 7) is 10.1. The van der Waals surface area contributed by atoms with Crippen molar-refractivity contribution < 1.29 is 9.90 Å². The summed E-state index contributed by atoms with van der Waals surface area (Å²) < 4.78 is 0. The molecule has 0 aliphatic rings. The molecule has 1 aromatic rings. The van der Waals surface area contributed by atoms with Gasteiger partial charge in [0.05, 0.1) is 6.10 Å². The van der Waals surface area contributed by atoms with Crippen LogP contribution in [0, 0.1) is 5.92 Å². The average Bonchev–Trinajstić information content (AvgIpc) is 2.82. The molecule has 0 heterocycles. The lowest BCUT2D eigenvalue weighted by molar-refractivity contribution is 0.101. The van der Waals surface area contributed by atoms with Crippen molar-refractivity contribution in [3.05, 3.63) is 89.1 Å². The first-order valence-corrected chi connectivity index (χ1v) is 14.0. The summed E-state index contributed by atoms with van der Waals surface area (Å²) in [6.07, 6.45) is 30.1. The van der Waals surface area contributed by atoms with E-state index in [0.717, 1.165) is 55.2 Å². The van der Waals surface area contributed by atoms with Crippen LogP contribution in [0.15, 0.2) is 72.4 Å². The molecule has 0 saturated heterocycles. The van der Waals surface area contributed by atoms with Crippen LogP contribution >= 0.6 is 0 Å². The molecule has 2 nitrogen and oxygen atoms in total. The van der Waals surface area contributed by atoms with E-state index in [-0.39, 0.29) is 11.9 Å². The zero-order chi connectivity index (χ0) is 26.6. The van der Waals surface area contributed by atoms with Crippen molar-refractivity contribution in [3.8, 4) is 0 Å². The molecule has 0 aromatic heterocycles. The topological polar surface area (TPSA) is 37.3 Å². The normalized spacial score (nSPS) is 14.6. The van der Waals surface area contributed by atoms with Gasteiger partial charge in [-0.05, 0) is 89.2 Å². The molecular formula is C34H50O2. The van der Waals surface area contributed by atoms with Gasteiger partial charge in [-0.3, -0.25) is 4.79 Å². The van der Waals surface area contributed by atoms with Crippen LogP contribution in [0.2, 0.25) is 0 Å². The molecule has 0 aliphatic carbocycles. The van der Waals surface area contributed by atoms with E-state index in [1.807, 2.05) is 43.4 Å². The smallest absolute Gasteiger partial charge is 0.160 e. The highest BCUT2D eigenvalue weighted by molar-refractivity contribution is 5.99. The lowest BCUT2D eigenvalue weighted by atomic mass is 9.95. The number of aliphatic hydroxyl groups excluding tert-OH is 1. The molecule has 0 amide bonds. The van der Waals surface area contributed by atoms with Crippen LogP contribution in [0.1, 0.15) is 114 Å². The van der Waals surface area contributed by atoms with Gasteiger partial charge in [-0.2, -0.15) is 0 Å². The van der Waals surface area contributed by atoms with Crippen LogP contribution in [0.5, 0.6) is 0 Å². The summed E-state index contributed by atoms with van der Waals surface area (Å²) in [7, 11) is 0. The van der Waals surface area contributed by atoms with Crippen molar-refractivity contribution in [3.63, 3.8) is 0 Å². The van der Waals surface area contributed by atoms with Crippen molar-refractivity contribution in [1.82, 2.24) is 0 Å². The summed E-state index contributed by atoms with van der Waals surface area (Å²) in [5.74, 6) is 0.747. The Morgan fingerprint density at radius 2 is 1.64 bits per heavy atom. The highest BCUT2D eigenvalue weighted by atomic mass is 16.3. The number of unbranched alkanes of at least 4 members (excludes halogenated alkanes) is 3. The first kappa shape index (κ1) is 31.6. The Labute approximate surface area is 221 Å². The Kier molecular flexibility index (Phi) is 17.3. The maximum atomic E-state index is 12.1. The van der Waals surface area contributed by atoms with E-state index >= 15 is 0 Å². The number of ketones is 1. The third kappa shape index (κ3) is 14.8. The zero-order valence-corrected chi connectivity index (χ0v) is 23.5. The van der Waals surface area contributed by atoms with Crippen LogP contribution < -0.4 is 0 Å². The van der Waals surface area contributed by atoms with Gasteiger partial charge >= 0.3 is 0 Å². The minimum absolute atomic E-state index is 0.133. The Hall–Kier alpha value is -2.45. The number of carbonyl (C=O) groups is 1. The number of hydrogen-bond acceptors (Lipinski definition) is 2. The number of aryl methyl sites for hydroxylation is 1. The third-order valence-electron chi connectivity index (χ3n) is 6.33. The predicted octanol–water partition coefficient (Wildman–Crippen LogP) is 9.61. The highest BCUT2D eigenvalue weighted by Crippen LogP contribution is 2.19. The van der Waals surface area contributed by atoms with Gasteiger partial charge in [-0.15, -0.1) is 0 Å². The van der Waals surface area contributed by atoms with Gasteiger partial charge in [0.25, 0.3) is 0 Å². The Morgan fingerprint density at radius 1 is 0.944 bits per heavy atom. The molecule has 0 bridgehead atoms. The average molecular weight is 491 g/mol. The molecule has 0 radical (unpaired) electrons. The molecule has 36 heavy (non-hydrogen) atoms. The first-order chi connectivity index (χ1) is 17.3. The number of rotatable bonds is 18. The van der Waals surface area contributed by atoms with Crippen molar-refractivity contribution in [2.24, 2.45) is 5.92 Å². The van der Waals surface area contributed by atoms with Gasteiger partial charge in [-0.25, -0.2) is 0 Å². The maximum Gasteiger partial charge on any atom is 0.160 e. The van der Waals surface area contributed by atoms with E-state index in [9.17, 15) is 9.90 Å². The molecule has 1 aromatic carbocycles. The quantitative estimate of drug-likeness (QED) is 0.0962. The van der Waals surface area contributed by atoms with Crippen LogP contribution in [-0.4, -0.2) is 17.0 Å². The number of Topliss-reactive ketones (excluding diaryl/α,β-unsaturated/α-hetero) is 1. The number of hydrogen-bond donors (Lipinski definition) is 1.